The highest BCUT2D eigenvalue weighted by atomic mass is 15.2. The zero-order valence-electron chi connectivity index (χ0n) is 7.51. The fourth-order valence-corrected chi connectivity index (χ4v) is 1.67. The summed E-state index contributed by atoms with van der Waals surface area (Å²) in [5, 5.41) is 8.19. The van der Waals surface area contributed by atoms with E-state index in [9.17, 15) is 0 Å². The quantitative estimate of drug-likeness (QED) is 0.617. The molecule has 1 aromatic carbocycles. The number of hydrogen-bond donors (Lipinski definition) is 1. The van der Waals surface area contributed by atoms with Crippen molar-refractivity contribution in [2.75, 3.05) is 0 Å². The van der Waals surface area contributed by atoms with Gasteiger partial charge in [-0.1, -0.05) is 18.2 Å². The zero-order chi connectivity index (χ0) is 9.38. The van der Waals surface area contributed by atoms with Crippen LogP contribution in [0, 0.1) is 0 Å². The normalized spacial score (nSPS) is 10.9. The number of rotatable bonds is 1. The lowest BCUT2D eigenvalue weighted by Crippen LogP contribution is -1.91. The highest BCUT2D eigenvalue weighted by Gasteiger charge is 2.02. The van der Waals surface area contributed by atoms with E-state index in [0.717, 1.165) is 5.82 Å². The predicted octanol–water partition coefficient (Wildman–Crippen LogP) is 2.35. The summed E-state index contributed by atoms with van der Waals surface area (Å²) in [4.78, 5) is 0. The second kappa shape index (κ2) is 2.73. The summed E-state index contributed by atoms with van der Waals surface area (Å²) in [6, 6.07) is 12.3. The number of fused-ring (bicyclic) bond motifs is 1. The number of H-pyrrole nitrogens is 1. The Balaban J connectivity index is 2.33. The molecule has 0 saturated heterocycles. The number of hydrogen-bond acceptors (Lipinski definition) is 1. The molecule has 0 spiro atoms. The van der Waals surface area contributed by atoms with Gasteiger partial charge >= 0.3 is 0 Å². The van der Waals surface area contributed by atoms with E-state index in [1.54, 1.807) is 0 Å². The third-order valence-electron chi connectivity index (χ3n) is 2.33. The van der Waals surface area contributed by atoms with E-state index in [4.69, 9.17) is 0 Å². The summed E-state index contributed by atoms with van der Waals surface area (Å²) in [6.45, 7) is 0. The van der Waals surface area contributed by atoms with Gasteiger partial charge in [-0.05, 0) is 17.5 Å². The lowest BCUT2D eigenvalue weighted by atomic mass is 10.2. The molecule has 0 unspecified atom stereocenters. The molecule has 0 amide bonds. The maximum atomic E-state index is 4.15. The van der Waals surface area contributed by atoms with E-state index in [2.05, 4.69) is 33.0 Å². The van der Waals surface area contributed by atoms with Gasteiger partial charge in [0.1, 0.15) is 0 Å². The van der Waals surface area contributed by atoms with Crippen LogP contribution >= 0.6 is 0 Å². The van der Waals surface area contributed by atoms with Gasteiger partial charge in [-0.15, -0.1) is 0 Å². The van der Waals surface area contributed by atoms with Crippen LogP contribution in [0.2, 0.25) is 0 Å². The molecule has 2 aromatic heterocycles. The Morgan fingerprint density at radius 1 is 1.07 bits per heavy atom. The average Bonchev–Trinajstić information content (AvgIpc) is 2.85. The Morgan fingerprint density at radius 2 is 2.00 bits per heavy atom. The van der Waals surface area contributed by atoms with Gasteiger partial charge in [-0.2, -0.15) is 5.10 Å². The molecule has 0 radical (unpaired) electrons. The van der Waals surface area contributed by atoms with E-state index in [1.165, 1.54) is 10.9 Å². The number of benzene rings is 1. The minimum atomic E-state index is 0.922. The van der Waals surface area contributed by atoms with Crippen molar-refractivity contribution in [2.45, 2.75) is 0 Å². The molecule has 0 atom stereocenters. The van der Waals surface area contributed by atoms with Crippen molar-refractivity contribution < 1.29 is 0 Å². The first-order chi connectivity index (χ1) is 6.95. The molecule has 3 heteroatoms. The summed E-state index contributed by atoms with van der Waals surface area (Å²) in [5.74, 6) is 0.922. The lowest BCUT2D eigenvalue weighted by molar-refractivity contribution is 0.988. The Kier molecular flexibility index (Phi) is 1.44. The first-order valence-electron chi connectivity index (χ1n) is 4.51. The molecule has 0 aliphatic rings. The molecule has 0 bridgehead atoms. The molecule has 0 saturated carbocycles. The topological polar surface area (TPSA) is 33.6 Å². The standard InChI is InChI=1S/C11H9N3/c1-2-4-10-9(3-1)6-8-14(10)11-5-7-12-13-11/h1-8H,(H,12,13). The number of aromatic amines is 1. The third-order valence-corrected chi connectivity index (χ3v) is 2.33. The molecule has 0 aliphatic carbocycles. The maximum Gasteiger partial charge on any atom is 0.158 e. The van der Waals surface area contributed by atoms with Crippen LogP contribution in [0.5, 0.6) is 0 Å². The van der Waals surface area contributed by atoms with Crippen molar-refractivity contribution in [1.29, 1.82) is 0 Å². The van der Waals surface area contributed by atoms with Gasteiger partial charge in [0, 0.05) is 18.5 Å². The van der Waals surface area contributed by atoms with Crippen LogP contribution in [-0.4, -0.2) is 14.8 Å². The number of nitrogens with zero attached hydrogens (tertiary/aromatic N) is 2. The Bertz CT molecular complexity index is 549. The highest BCUT2D eigenvalue weighted by molar-refractivity contribution is 5.81. The second-order valence-corrected chi connectivity index (χ2v) is 3.18. The molecule has 3 rings (SSSR count). The molecular weight excluding hydrogens is 174 g/mol. The maximum absolute atomic E-state index is 4.15. The van der Waals surface area contributed by atoms with Gasteiger partial charge in [0.25, 0.3) is 0 Å². The average molecular weight is 183 g/mol. The Morgan fingerprint density at radius 3 is 2.86 bits per heavy atom. The minimum Gasteiger partial charge on any atom is -0.300 e. The van der Waals surface area contributed by atoms with Crippen LogP contribution in [0.15, 0.2) is 48.8 Å². The van der Waals surface area contributed by atoms with Crippen molar-refractivity contribution >= 4 is 10.9 Å². The molecule has 0 aliphatic heterocycles. The number of para-hydroxylation sites is 1. The smallest absolute Gasteiger partial charge is 0.158 e. The first-order valence-corrected chi connectivity index (χ1v) is 4.51. The molecule has 3 nitrogen and oxygen atoms in total. The molecule has 1 N–H and O–H groups in total. The summed E-state index contributed by atoms with van der Waals surface area (Å²) < 4.78 is 2.06. The van der Waals surface area contributed by atoms with Crippen molar-refractivity contribution in [3.05, 3.63) is 48.8 Å². The van der Waals surface area contributed by atoms with E-state index < -0.39 is 0 Å². The van der Waals surface area contributed by atoms with Gasteiger partial charge in [0.05, 0.1) is 5.52 Å². The van der Waals surface area contributed by atoms with Gasteiger partial charge in [-0.3, -0.25) is 9.67 Å². The molecule has 3 aromatic rings. The molecule has 0 fully saturated rings. The van der Waals surface area contributed by atoms with Gasteiger partial charge < -0.3 is 0 Å². The van der Waals surface area contributed by atoms with Gasteiger partial charge in [0.2, 0.25) is 0 Å². The van der Waals surface area contributed by atoms with E-state index in [0.29, 0.717) is 0 Å². The fourth-order valence-electron chi connectivity index (χ4n) is 1.67. The van der Waals surface area contributed by atoms with E-state index in [-0.39, 0.29) is 0 Å². The summed E-state index contributed by atoms with van der Waals surface area (Å²) in [6.07, 6.45) is 3.85. The summed E-state index contributed by atoms with van der Waals surface area (Å²) in [5.41, 5.74) is 1.18. The Labute approximate surface area is 81.0 Å². The number of aromatic nitrogens is 3. The van der Waals surface area contributed by atoms with Crippen molar-refractivity contribution in [3.8, 4) is 5.82 Å². The van der Waals surface area contributed by atoms with Gasteiger partial charge in [0.15, 0.2) is 5.82 Å². The van der Waals surface area contributed by atoms with Crippen LogP contribution in [0.25, 0.3) is 16.7 Å². The van der Waals surface area contributed by atoms with Crippen LogP contribution in [-0.2, 0) is 0 Å². The van der Waals surface area contributed by atoms with E-state index in [1.807, 2.05) is 30.6 Å². The van der Waals surface area contributed by atoms with Crippen LogP contribution in [0.3, 0.4) is 0 Å². The Hall–Kier alpha value is -2.03. The fraction of sp³-hybridized carbons (Fsp3) is 0. The van der Waals surface area contributed by atoms with Crippen molar-refractivity contribution in [1.82, 2.24) is 14.8 Å². The molecule has 2 heterocycles. The SMILES string of the molecule is c1ccc2c(c1)ccn2-c1cc[nH]n1. The van der Waals surface area contributed by atoms with Crippen LogP contribution in [0.1, 0.15) is 0 Å². The first kappa shape index (κ1) is 7.38. The highest BCUT2D eigenvalue weighted by Crippen LogP contribution is 2.18. The monoisotopic (exact) mass is 183 g/mol. The van der Waals surface area contributed by atoms with Crippen LogP contribution in [0.4, 0.5) is 0 Å². The minimum absolute atomic E-state index is 0.922. The molecule has 14 heavy (non-hydrogen) atoms. The largest absolute Gasteiger partial charge is 0.300 e. The van der Waals surface area contributed by atoms with Crippen LogP contribution < -0.4 is 0 Å². The van der Waals surface area contributed by atoms with Crippen molar-refractivity contribution in [3.63, 3.8) is 0 Å². The zero-order valence-corrected chi connectivity index (χ0v) is 7.51. The number of nitrogens with one attached hydrogen (secondary N) is 1. The van der Waals surface area contributed by atoms with Gasteiger partial charge in [-0.25, -0.2) is 0 Å². The summed E-state index contributed by atoms with van der Waals surface area (Å²) >= 11 is 0. The van der Waals surface area contributed by atoms with Crippen molar-refractivity contribution in [2.24, 2.45) is 0 Å². The predicted molar refractivity (Wildman–Crippen MR) is 55.4 cm³/mol. The van der Waals surface area contributed by atoms with E-state index >= 15 is 0 Å². The third kappa shape index (κ3) is 0.956. The molecular formula is C11H9N3. The molecule has 68 valence electrons. The second-order valence-electron chi connectivity index (χ2n) is 3.18. The summed E-state index contributed by atoms with van der Waals surface area (Å²) in [7, 11) is 0. The lowest BCUT2D eigenvalue weighted by Gasteiger charge is -1.98.